The average Bonchev–Trinajstić information content (AvgIpc) is 2.42. The fourth-order valence-electron chi connectivity index (χ4n) is 2.05. The largest absolute Gasteiger partial charge is 0.493 e. The Hall–Kier alpha value is -1.92. The monoisotopic (exact) mass is 306 g/mol. The second-order valence-electron chi connectivity index (χ2n) is 4.88. The first-order valence-corrected chi connectivity index (χ1v) is 8.08. The Bertz CT molecular complexity index is 728. The molecule has 2 rings (SSSR count). The normalized spacial score (nSPS) is 11.4. The molecule has 0 fully saturated rings. The quantitative estimate of drug-likeness (QED) is 0.915. The van der Waals surface area contributed by atoms with E-state index < -0.39 is 10.0 Å². The molecule has 0 atom stereocenters. The molecule has 112 valence electrons. The maximum absolute atomic E-state index is 11.4. The first-order valence-electron chi connectivity index (χ1n) is 6.53. The Morgan fingerprint density at radius 3 is 2.43 bits per heavy atom. The Morgan fingerprint density at radius 1 is 1.14 bits per heavy atom. The molecule has 0 aliphatic rings. The van der Waals surface area contributed by atoms with E-state index in [1.54, 1.807) is 38.4 Å². The minimum absolute atomic E-state index is 0.140. The highest BCUT2D eigenvalue weighted by molar-refractivity contribution is 7.89. The fourth-order valence-corrected chi connectivity index (χ4v) is 2.90. The fraction of sp³-hybridized carbons (Fsp3) is 0.267. The third-order valence-corrected chi connectivity index (χ3v) is 4.23. The second kappa shape index (κ2) is 6.24. The molecule has 0 saturated heterocycles. The van der Waals surface area contributed by atoms with Crippen molar-refractivity contribution in [2.45, 2.75) is 25.2 Å². The predicted octanol–water partition coefficient (Wildman–Crippen LogP) is 1.97. The van der Waals surface area contributed by atoms with Crippen molar-refractivity contribution in [1.82, 2.24) is 4.98 Å². The Kier molecular flexibility index (Phi) is 4.59. The summed E-state index contributed by atoms with van der Waals surface area (Å²) in [7, 11) is -3.70. The van der Waals surface area contributed by atoms with Crippen LogP contribution >= 0.6 is 0 Å². The van der Waals surface area contributed by atoms with Crippen molar-refractivity contribution in [3.8, 4) is 5.75 Å². The van der Waals surface area contributed by atoms with Crippen LogP contribution in [0.15, 0.2) is 41.6 Å². The lowest BCUT2D eigenvalue weighted by Gasteiger charge is -2.12. The second-order valence-corrected chi connectivity index (χ2v) is 6.41. The molecular formula is C15H18N2O3S. The van der Waals surface area contributed by atoms with E-state index in [-0.39, 0.29) is 4.90 Å². The van der Waals surface area contributed by atoms with E-state index in [4.69, 9.17) is 9.88 Å². The van der Waals surface area contributed by atoms with Crippen LogP contribution in [0.1, 0.15) is 16.7 Å². The number of pyridine rings is 1. The summed E-state index contributed by atoms with van der Waals surface area (Å²) in [6.45, 7) is 4.02. The number of sulfonamides is 1. The van der Waals surface area contributed by atoms with Crippen molar-refractivity contribution < 1.29 is 13.2 Å². The van der Waals surface area contributed by atoms with E-state index in [1.807, 2.05) is 12.1 Å². The standard InChI is InChI=1S/C15H18N2O3S/c1-11-10-15(21(16,18)19)12(2)9-14(11)20-8-5-13-3-6-17-7-4-13/h3-4,6-7,9-10H,5,8H2,1-2H3,(H2,16,18,19). The van der Waals surface area contributed by atoms with E-state index in [0.717, 1.165) is 17.5 Å². The molecule has 0 aliphatic carbocycles. The van der Waals surface area contributed by atoms with Gasteiger partial charge in [-0.05, 0) is 54.8 Å². The smallest absolute Gasteiger partial charge is 0.238 e. The van der Waals surface area contributed by atoms with Gasteiger partial charge in [0.25, 0.3) is 0 Å². The van der Waals surface area contributed by atoms with Crippen molar-refractivity contribution in [2.75, 3.05) is 6.61 Å². The summed E-state index contributed by atoms with van der Waals surface area (Å²) in [5.41, 5.74) is 2.47. The summed E-state index contributed by atoms with van der Waals surface area (Å²) in [4.78, 5) is 4.10. The molecular weight excluding hydrogens is 288 g/mol. The number of nitrogens with two attached hydrogens (primary N) is 1. The van der Waals surface area contributed by atoms with Gasteiger partial charge in [0.1, 0.15) is 5.75 Å². The number of aromatic nitrogens is 1. The summed E-state index contributed by atoms with van der Waals surface area (Å²) in [6, 6.07) is 7.13. The first-order chi connectivity index (χ1) is 9.88. The van der Waals surface area contributed by atoms with Gasteiger partial charge in [-0.1, -0.05) is 0 Å². The summed E-state index contributed by atoms with van der Waals surface area (Å²) >= 11 is 0. The van der Waals surface area contributed by atoms with E-state index in [9.17, 15) is 8.42 Å². The highest BCUT2D eigenvalue weighted by atomic mass is 32.2. The molecule has 0 bridgehead atoms. The van der Waals surface area contributed by atoms with Crippen LogP contribution in [0.25, 0.3) is 0 Å². The molecule has 2 N–H and O–H groups in total. The van der Waals surface area contributed by atoms with E-state index in [2.05, 4.69) is 4.98 Å². The Labute approximate surface area is 124 Å². The highest BCUT2D eigenvalue weighted by Crippen LogP contribution is 2.25. The molecule has 1 heterocycles. The van der Waals surface area contributed by atoms with Crippen LogP contribution in [0.4, 0.5) is 0 Å². The zero-order valence-electron chi connectivity index (χ0n) is 12.0. The maximum atomic E-state index is 11.4. The molecule has 0 spiro atoms. The van der Waals surface area contributed by atoms with Crippen LogP contribution in [-0.2, 0) is 16.4 Å². The van der Waals surface area contributed by atoms with Gasteiger partial charge in [-0.2, -0.15) is 0 Å². The average molecular weight is 306 g/mol. The van der Waals surface area contributed by atoms with E-state index in [1.165, 1.54) is 0 Å². The van der Waals surface area contributed by atoms with Gasteiger partial charge >= 0.3 is 0 Å². The molecule has 0 saturated carbocycles. The molecule has 1 aromatic carbocycles. The molecule has 2 aromatic rings. The molecule has 1 aromatic heterocycles. The van der Waals surface area contributed by atoms with Crippen molar-refractivity contribution in [1.29, 1.82) is 0 Å². The van der Waals surface area contributed by atoms with Crippen molar-refractivity contribution >= 4 is 10.0 Å². The SMILES string of the molecule is Cc1cc(S(N)(=O)=O)c(C)cc1OCCc1ccncc1. The van der Waals surface area contributed by atoms with E-state index >= 15 is 0 Å². The summed E-state index contributed by atoms with van der Waals surface area (Å²) in [6.07, 6.45) is 4.25. The van der Waals surface area contributed by atoms with Crippen LogP contribution in [0.5, 0.6) is 5.75 Å². The van der Waals surface area contributed by atoms with Crippen LogP contribution in [0, 0.1) is 13.8 Å². The van der Waals surface area contributed by atoms with Gasteiger partial charge in [0.2, 0.25) is 10.0 Å². The minimum atomic E-state index is -3.70. The number of hydrogen-bond donors (Lipinski definition) is 1. The molecule has 0 amide bonds. The molecule has 5 nitrogen and oxygen atoms in total. The minimum Gasteiger partial charge on any atom is -0.493 e. The lowest BCUT2D eigenvalue weighted by atomic mass is 10.1. The van der Waals surface area contributed by atoms with Crippen LogP contribution in [-0.4, -0.2) is 20.0 Å². The Morgan fingerprint density at radius 2 is 1.81 bits per heavy atom. The van der Waals surface area contributed by atoms with Gasteiger partial charge in [-0.3, -0.25) is 4.98 Å². The molecule has 21 heavy (non-hydrogen) atoms. The Balaban J connectivity index is 2.09. The van der Waals surface area contributed by atoms with Crippen LogP contribution < -0.4 is 9.88 Å². The third-order valence-electron chi connectivity index (χ3n) is 3.18. The summed E-state index contributed by atoms with van der Waals surface area (Å²) in [5, 5.41) is 5.18. The summed E-state index contributed by atoms with van der Waals surface area (Å²) in [5.74, 6) is 0.675. The number of ether oxygens (including phenoxy) is 1. The predicted molar refractivity (Wildman–Crippen MR) is 80.7 cm³/mol. The summed E-state index contributed by atoms with van der Waals surface area (Å²) < 4.78 is 28.6. The number of hydrogen-bond acceptors (Lipinski definition) is 4. The van der Waals surface area contributed by atoms with E-state index in [0.29, 0.717) is 17.9 Å². The first kappa shape index (κ1) is 15.5. The zero-order valence-corrected chi connectivity index (χ0v) is 12.9. The van der Waals surface area contributed by atoms with Gasteiger partial charge in [0.05, 0.1) is 11.5 Å². The lowest BCUT2D eigenvalue weighted by Crippen LogP contribution is -2.14. The van der Waals surface area contributed by atoms with Crippen LogP contribution in [0.3, 0.4) is 0 Å². The van der Waals surface area contributed by atoms with Crippen molar-refractivity contribution in [3.05, 3.63) is 53.3 Å². The number of nitrogens with zero attached hydrogens (tertiary/aromatic N) is 1. The maximum Gasteiger partial charge on any atom is 0.238 e. The van der Waals surface area contributed by atoms with Crippen molar-refractivity contribution in [2.24, 2.45) is 5.14 Å². The van der Waals surface area contributed by atoms with Gasteiger partial charge in [-0.15, -0.1) is 0 Å². The van der Waals surface area contributed by atoms with Crippen molar-refractivity contribution in [3.63, 3.8) is 0 Å². The molecule has 0 unspecified atom stereocenters. The van der Waals surface area contributed by atoms with Gasteiger partial charge in [-0.25, -0.2) is 13.6 Å². The third kappa shape index (κ3) is 4.03. The molecule has 0 radical (unpaired) electrons. The number of benzene rings is 1. The molecule has 0 aliphatic heterocycles. The number of rotatable bonds is 5. The highest BCUT2D eigenvalue weighted by Gasteiger charge is 2.14. The molecule has 6 heteroatoms. The van der Waals surface area contributed by atoms with Gasteiger partial charge in [0.15, 0.2) is 0 Å². The zero-order chi connectivity index (χ0) is 15.5. The topological polar surface area (TPSA) is 82.3 Å². The van der Waals surface area contributed by atoms with Crippen LogP contribution in [0.2, 0.25) is 0 Å². The number of primary sulfonamides is 1. The van der Waals surface area contributed by atoms with Gasteiger partial charge in [0, 0.05) is 18.8 Å². The van der Waals surface area contributed by atoms with Gasteiger partial charge < -0.3 is 4.74 Å². The number of aryl methyl sites for hydroxylation is 2. The lowest BCUT2D eigenvalue weighted by molar-refractivity contribution is 0.319.